The van der Waals surface area contributed by atoms with Crippen LogP contribution in [-0.2, 0) is 9.53 Å². The highest BCUT2D eigenvalue weighted by atomic mass is 16.5. The molecule has 0 spiro atoms. The summed E-state index contributed by atoms with van der Waals surface area (Å²) in [5, 5.41) is 0. The molecule has 2 fully saturated rings. The number of carbonyl (C=O) groups excluding carboxylic acids is 1. The van der Waals surface area contributed by atoms with Crippen molar-refractivity contribution in [3.63, 3.8) is 0 Å². The van der Waals surface area contributed by atoms with Gasteiger partial charge in [0.1, 0.15) is 23.3 Å². The Morgan fingerprint density at radius 2 is 1.56 bits per heavy atom. The summed E-state index contributed by atoms with van der Waals surface area (Å²) in [5.74, 6) is 2.12. The second-order valence-electron chi connectivity index (χ2n) is 8.13. The van der Waals surface area contributed by atoms with Crippen LogP contribution in [0.15, 0.2) is 48.5 Å². The Morgan fingerprint density at radius 3 is 2.31 bits per heavy atom. The number of hydrogen-bond donors (Lipinski definition) is 0. The van der Waals surface area contributed by atoms with Gasteiger partial charge in [-0.05, 0) is 49.2 Å². The van der Waals surface area contributed by atoms with Crippen molar-refractivity contribution < 1.29 is 23.7 Å². The number of carbonyl (C=O) groups is 1. The van der Waals surface area contributed by atoms with E-state index < -0.39 is 6.10 Å². The number of ether oxygens (including phenoxy) is 4. The Bertz CT molecular complexity index is 899. The number of β-lactam (4-membered cyclic amide) rings is 1. The van der Waals surface area contributed by atoms with E-state index in [4.69, 9.17) is 18.9 Å². The summed E-state index contributed by atoms with van der Waals surface area (Å²) in [7, 11) is 3.27. The van der Waals surface area contributed by atoms with Crippen LogP contribution < -0.4 is 14.2 Å². The molecule has 7 nitrogen and oxygen atoms in total. The molecular weight excluding hydrogens is 408 g/mol. The number of likely N-dealkylation sites (tertiary alicyclic amines) is 1. The molecule has 2 heterocycles. The normalized spacial score (nSPS) is 21.2. The van der Waals surface area contributed by atoms with E-state index in [1.165, 1.54) is 0 Å². The van der Waals surface area contributed by atoms with E-state index in [9.17, 15) is 4.79 Å². The minimum Gasteiger partial charge on any atom is -0.497 e. The number of unbranched alkanes of at least 4 members (excludes halogenated alkanes) is 1. The van der Waals surface area contributed by atoms with Crippen molar-refractivity contribution in [2.45, 2.75) is 25.0 Å². The third-order valence-electron chi connectivity index (χ3n) is 6.12. The van der Waals surface area contributed by atoms with Gasteiger partial charge in [-0.25, -0.2) is 0 Å². The average molecular weight is 441 g/mol. The number of hydrogen-bond acceptors (Lipinski definition) is 6. The summed E-state index contributed by atoms with van der Waals surface area (Å²) >= 11 is 0. The van der Waals surface area contributed by atoms with Crippen LogP contribution >= 0.6 is 0 Å². The third-order valence-corrected chi connectivity index (χ3v) is 6.12. The second-order valence-corrected chi connectivity index (χ2v) is 8.13. The van der Waals surface area contributed by atoms with E-state index in [1.807, 2.05) is 47.4 Å². The van der Waals surface area contributed by atoms with Gasteiger partial charge >= 0.3 is 0 Å². The fourth-order valence-electron chi connectivity index (χ4n) is 4.32. The van der Waals surface area contributed by atoms with Crippen molar-refractivity contribution in [2.24, 2.45) is 0 Å². The van der Waals surface area contributed by atoms with Gasteiger partial charge in [0, 0.05) is 25.7 Å². The molecule has 2 aromatic carbocycles. The van der Waals surface area contributed by atoms with Gasteiger partial charge in [-0.3, -0.25) is 9.69 Å². The zero-order valence-electron chi connectivity index (χ0n) is 18.9. The number of morpholine rings is 1. The van der Waals surface area contributed by atoms with Crippen molar-refractivity contribution in [2.75, 3.05) is 53.6 Å². The van der Waals surface area contributed by atoms with E-state index in [-0.39, 0.29) is 11.9 Å². The maximum atomic E-state index is 13.1. The van der Waals surface area contributed by atoms with E-state index in [0.717, 1.165) is 57.0 Å². The zero-order chi connectivity index (χ0) is 22.3. The monoisotopic (exact) mass is 440 g/mol. The smallest absolute Gasteiger partial charge is 0.266 e. The third kappa shape index (κ3) is 5.16. The molecule has 7 heteroatoms. The lowest BCUT2D eigenvalue weighted by atomic mass is 9.90. The second kappa shape index (κ2) is 10.7. The quantitative estimate of drug-likeness (QED) is 0.418. The molecule has 0 unspecified atom stereocenters. The lowest BCUT2D eigenvalue weighted by Crippen LogP contribution is -2.61. The summed E-state index contributed by atoms with van der Waals surface area (Å²) in [4.78, 5) is 17.4. The van der Waals surface area contributed by atoms with Crippen LogP contribution in [0.5, 0.6) is 17.2 Å². The number of methoxy groups -OCH3 is 2. The van der Waals surface area contributed by atoms with Crippen LogP contribution in [0.2, 0.25) is 0 Å². The van der Waals surface area contributed by atoms with Gasteiger partial charge in [0.05, 0.1) is 27.4 Å². The molecule has 0 radical (unpaired) electrons. The van der Waals surface area contributed by atoms with Crippen LogP contribution in [0, 0.1) is 0 Å². The fourth-order valence-corrected chi connectivity index (χ4v) is 4.32. The predicted octanol–water partition coefficient (Wildman–Crippen LogP) is 3.15. The molecule has 0 N–H and O–H groups in total. The highest BCUT2D eigenvalue weighted by molar-refractivity contribution is 5.89. The summed E-state index contributed by atoms with van der Waals surface area (Å²) in [6.07, 6.45) is 1.44. The first-order valence-corrected chi connectivity index (χ1v) is 11.2. The summed E-state index contributed by atoms with van der Waals surface area (Å²) in [6, 6.07) is 15.1. The van der Waals surface area contributed by atoms with Gasteiger partial charge in [0.25, 0.3) is 5.91 Å². The van der Waals surface area contributed by atoms with Crippen molar-refractivity contribution in [1.82, 2.24) is 9.80 Å². The van der Waals surface area contributed by atoms with Crippen LogP contribution in [0.4, 0.5) is 0 Å². The molecule has 2 aliphatic rings. The summed E-state index contributed by atoms with van der Waals surface area (Å²) in [5.41, 5.74) is 1.02. The highest BCUT2D eigenvalue weighted by Gasteiger charge is 2.49. The number of nitrogens with zero attached hydrogens (tertiary/aromatic N) is 2. The van der Waals surface area contributed by atoms with Gasteiger partial charge in [-0.1, -0.05) is 18.2 Å². The molecule has 0 saturated carbocycles. The SMILES string of the molecule is COc1cccc(O[C@@H]2C(=O)N(CCCCN3CCOCC3)[C@H]2c2cccc(OC)c2)c1. The highest BCUT2D eigenvalue weighted by Crippen LogP contribution is 2.39. The average Bonchev–Trinajstić information content (AvgIpc) is 2.85. The van der Waals surface area contributed by atoms with E-state index in [2.05, 4.69) is 4.90 Å². The molecule has 0 aromatic heterocycles. The van der Waals surface area contributed by atoms with Gasteiger partial charge < -0.3 is 23.8 Å². The molecule has 32 heavy (non-hydrogen) atoms. The fraction of sp³-hybridized carbons (Fsp3) is 0.480. The van der Waals surface area contributed by atoms with Crippen molar-refractivity contribution in [3.8, 4) is 17.2 Å². The molecule has 2 atom stereocenters. The summed E-state index contributed by atoms with van der Waals surface area (Å²) < 4.78 is 22.3. The molecule has 172 valence electrons. The van der Waals surface area contributed by atoms with Crippen molar-refractivity contribution >= 4 is 5.91 Å². The van der Waals surface area contributed by atoms with E-state index in [1.54, 1.807) is 20.3 Å². The topological polar surface area (TPSA) is 60.5 Å². The van der Waals surface area contributed by atoms with Gasteiger partial charge in [-0.15, -0.1) is 0 Å². The van der Waals surface area contributed by atoms with Crippen molar-refractivity contribution in [1.29, 1.82) is 0 Å². The lowest BCUT2D eigenvalue weighted by Gasteiger charge is -2.47. The first-order chi connectivity index (χ1) is 15.7. The lowest BCUT2D eigenvalue weighted by molar-refractivity contribution is -0.164. The molecule has 1 amide bonds. The Balaban J connectivity index is 1.43. The number of rotatable bonds is 10. The molecule has 4 rings (SSSR count). The van der Waals surface area contributed by atoms with E-state index >= 15 is 0 Å². The maximum absolute atomic E-state index is 13.1. The Hall–Kier alpha value is -2.77. The zero-order valence-corrected chi connectivity index (χ0v) is 18.9. The van der Waals surface area contributed by atoms with Gasteiger partial charge in [0.2, 0.25) is 6.10 Å². The van der Waals surface area contributed by atoms with Crippen LogP contribution in [0.3, 0.4) is 0 Å². The molecule has 2 saturated heterocycles. The molecule has 0 bridgehead atoms. The Labute approximate surface area is 189 Å². The standard InChI is InChI=1S/C25H32N2O5/c1-29-20-8-5-7-19(17-20)23-24(32-22-10-6-9-21(18-22)30-2)25(28)27(23)12-4-3-11-26-13-15-31-16-14-26/h5-10,17-18,23-24H,3-4,11-16H2,1-2H3/t23-,24-/m0/s1. The predicted molar refractivity (Wildman–Crippen MR) is 121 cm³/mol. The molecule has 2 aliphatic heterocycles. The number of amides is 1. The van der Waals surface area contributed by atoms with Crippen LogP contribution in [0.25, 0.3) is 0 Å². The van der Waals surface area contributed by atoms with Gasteiger partial charge in [0.15, 0.2) is 0 Å². The Morgan fingerprint density at radius 1 is 0.906 bits per heavy atom. The van der Waals surface area contributed by atoms with Crippen molar-refractivity contribution in [3.05, 3.63) is 54.1 Å². The largest absolute Gasteiger partial charge is 0.497 e. The summed E-state index contributed by atoms with van der Waals surface area (Å²) in [6.45, 7) is 5.36. The Kier molecular flexibility index (Phi) is 7.50. The van der Waals surface area contributed by atoms with Crippen LogP contribution in [0.1, 0.15) is 24.4 Å². The molecule has 2 aromatic rings. The first kappa shape index (κ1) is 22.4. The maximum Gasteiger partial charge on any atom is 0.266 e. The van der Waals surface area contributed by atoms with E-state index in [0.29, 0.717) is 18.0 Å². The van der Waals surface area contributed by atoms with Crippen LogP contribution in [-0.4, -0.2) is 75.4 Å². The minimum atomic E-state index is -0.562. The molecular formula is C25H32N2O5. The first-order valence-electron chi connectivity index (χ1n) is 11.2. The minimum absolute atomic E-state index is 0.0204. The van der Waals surface area contributed by atoms with Gasteiger partial charge in [-0.2, -0.15) is 0 Å². The molecule has 0 aliphatic carbocycles. The number of benzene rings is 2.